The fraction of sp³-hybridized carbons (Fsp3) is 0.286. The molecule has 0 bridgehead atoms. The van der Waals surface area contributed by atoms with Crippen LogP contribution in [-0.4, -0.2) is 19.7 Å². The summed E-state index contributed by atoms with van der Waals surface area (Å²) >= 11 is 7.47. The van der Waals surface area contributed by atoms with Crippen molar-refractivity contribution in [3.63, 3.8) is 0 Å². The Balaban J connectivity index is 2.11. The summed E-state index contributed by atoms with van der Waals surface area (Å²) in [6, 6.07) is 7.45. The number of nitrogens with zero attached hydrogens (tertiary/aromatic N) is 3. The summed E-state index contributed by atoms with van der Waals surface area (Å²) in [4.78, 5) is 5.42. The average Bonchev–Trinajstić information content (AvgIpc) is 2.96. The highest BCUT2D eigenvalue weighted by atomic mass is 35.5. The predicted molar refractivity (Wildman–Crippen MR) is 81.2 cm³/mol. The molecule has 20 heavy (non-hydrogen) atoms. The molecule has 6 heteroatoms. The van der Waals surface area contributed by atoms with Gasteiger partial charge in [-0.3, -0.25) is 0 Å². The Labute approximate surface area is 125 Å². The van der Waals surface area contributed by atoms with E-state index in [9.17, 15) is 5.11 Å². The fourth-order valence-electron chi connectivity index (χ4n) is 2.13. The molecule has 0 saturated heterocycles. The zero-order valence-electron chi connectivity index (χ0n) is 11.0. The number of imidazole rings is 1. The highest BCUT2D eigenvalue weighted by Gasteiger charge is 2.16. The molecule has 0 aliphatic carbocycles. The zero-order chi connectivity index (χ0) is 14.1. The van der Waals surface area contributed by atoms with Crippen molar-refractivity contribution in [2.24, 2.45) is 0 Å². The van der Waals surface area contributed by atoms with Gasteiger partial charge in [0.05, 0.1) is 18.0 Å². The van der Waals surface area contributed by atoms with E-state index >= 15 is 0 Å². The van der Waals surface area contributed by atoms with Crippen LogP contribution in [0.15, 0.2) is 24.3 Å². The SMILES string of the molecule is CCCc1nn2c(CO)c(-c3ccc(Cl)cc3)nc2s1. The van der Waals surface area contributed by atoms with Gasteiger partial charge in [-0.05, 0) is 18.6 Å². The van der Waals surface area contributed by atoms with E-state index in [-0.39, 0.29) is 6.61 Å². The van der Waals surface area contributed by atoms with Crippen molar-refractivity contribution in [1.29, 1.82) is 0 Å². The number of aromatic nitrogens is 3. The van der Waals surface area contributed by atoms with Gasteiger partial charge in [0.25, 0.3) is 0 Å². The second-order valence-corrected chi connectivity index (χ2v) is 5.99. The molecule has 104 valence electrons. The molecule has 0 aliphatic rings. The van der Waals surface area contributed by atoms with Crippen molar-refractivity contribution in [2.45, 2.75) is 26.4 Å². The maximum absolute atomic E-state index is 9.64. The molecule has 0 unspecified atom stereocenters. The van der Waals surface area contributed by atoms with Gasteiger partial charge < -0.3 is 5.11 Å². The largest absolute Gasteiger partial charge is 0.390 e. The summed E-state index contributed by atoms with van der Waals surface area (Å²) in [5.74, 6) is 0. The van der Waals surface area contributed by atoms with Crippen LogP contribution in [0.5, 0.6) is 0 Å². The molecule has 3 aromatic rings. The number of benzene rings is 1. The maximum atomic E-state index is 9.64. The molecule has 0 spiro atoms. The quantitative estimate of drug-likeness (QED) is 0.802. The lowest BCUT2D eigenvalue weighted by molar-refractivity contribution is 0.275. The second kappa shape index (κ2) is 5.52. The van der Waals surface area contributed by atoms with Gasteiger partial charge in [-0.2, -0.15) is 5.10 Å². The van der Waals surface area contributed by atoms with Gasteiger partial charge in [0.15, 0.2) is 0 Å². The maximum Gasteiger partial charge on any atom is 0.213 e. The van der Waals surface area contributed by atoms with Gasteiger partial charge >= 0.3 is 0 Å². The highest BCUT2D eigenvalue weighted by molar-refractivity contribution is 7.16. The first-order valence-corrected chi connectivity index (χ1v) is 7.66. The topological polar surface area (TPSA) is 50.4 Å². The minimum Gasteiger partial charge on any atom is -0.390 e. The van der Waals surface area contributed by atoms with Crippen molar-refractivity contribution in [1.82, 2.24) is 14.6 Å². The molecular formula is C14H14ClN3OS. The molecular weight excluding hydrogens is 294 g/mol. The monoisotopic (exact) mass is 307 g/mol. The third kappa shape index (κ3) is 2.32. The summed E-state index contributed by atoms with van der Waals surface area (Å²) in [6.45, 7) is 2.03. The molecule has 0 radical (unpaired) electrons. The number of aliphatic hydroxyl groups is 1. The van der Waals surface area contributed by atoms with E-state index in [1.165, 1.54) is 0 Å². The molecule has 1 aromatic carbocycles. The summed E-state index contributed by atoms with van der Waals surface area (Å²) < 4.78 is 1.75. The van der Waals surface area contributed by atoms with Gasteiger partial charge in [-0.25, -0.2) is 9.50 Å². The third-order valence-corrected chi connectivity index (χ3v) is 4.29. The molecule has 2 heterocycles. The van der Waals surface area contributed by atoms with Gasteiger partial charge in [-0.15, -0.1) is 0 Å². The number of rotatable bonds is 4. The number of fused-ring (bicyclic) bond motifs is 1. The standard InChI is InChI=1S/C14H14ClN3OS/c1-2-3-12-17-18-11(8-19)13(16-14(18)20-12)9-4-6-10(15)7-5-9/h4-7,19H,2-3,8H2,1H3. The van der Waals surface area contributed by atoms with Gasteiger partial charge in [0.1, 0.15) is 5.01 Å². The van der Waals surface area contributed by atoms with Gasteiger partial charge in [-0.1, -0.05) is 42.0 Å². The summed E-state index contributed by atoms with van der Waals surface area (Å²) in [6.07, 6.45) is 1.99. The van der Waals surface area contributed by atoms with Crippen molar-refractivity contribution >= 4 is 27.9 Å². The van der Waals surface area contributed by atoms with Crippen LogP contribution in [0.1, 0.15) is 24.0 Å². The van der Waals surface area contributed by atoms with Crippen LogP contribution in [0.2, 0.25) is 5.02 Å². The van der Waals surface area contributed by atoms with Crippen LogP contribution in [0.25, 0.3) is 16.2 Å². The summed E-state index contributed by atoms with van der Waals surface area (Å²) in [5.41, 5.74) is 2.43. The Morgan fingerprint density at radius 2 is 2.05 bits per heavy atom. The van der Waals surface area contributed by atoms with Crippen LogP contribution in [0.3, 0.4) is 0 Å². The molecule has 0 aliphatic heterocycles. The van der Waals surface area contributed by atoms with E-state index in [0.717, 1.165) is 39.8 Å². The summed E-state index contributed by atoms with van der Waals surface area (Å²) in [7, 11) is 0. The molecule has 3 rings (SSSR count). The molecule has 0 atom stereocenters. The van der Waals surface area contributed by atoms with E-state index in [2.05, 4.69) is 17.0 Å². The molecule has 4 nitrogen and oxygen atoms in total. The van der Waals surface area contributed by atoms with E-state index < -0.39 is 0 Å². The minimum absolute atomic E-state index is 0.0889. The van der Waals surface area contributed by atoms with Crippen LogP contribution in [0.4, 0.5) is 0 Å². The summed E-state index contributed by atoms with van der Waals surface area (Å²) in [5, 5.41) is 15.9. The van der Waals surface area contributed by atoms with E-state index in [1.807, 2.05) is 24.3 Å². The number of halogens is 1. The Morgan fingerprint density at radius 1 is 1.30 bits per heavy atom. The highest BCUT2D eigenvalue weighted by Crippen LogP contribution is 2.28. The van der Waals surface area contributed by atoms with Crippen LogP contribution in [-0.2, 0) is 13.0 Å². The number of aliphatic hydroxyl groups excluding tert-OH is 1. The van der Waals surface area contributed by atoms with Gasteiger partial charge in [0, 0.05) is 17.0 Å². The lowest BCUT2D eigenvalue weighted by atomic mass is 10.1. The zero-order valence-corrected chi connectivity index (χ0v) is 12.6. The van der Waals surface area contributed by atoms with Crippen molar-refractivity contribution in [3.8, 4) is 11.3 Å². The smallest absolute Gasteiger partial charge is 0.213 e. The molecule has 0 saturated carbocycles. The first kappa shape index (κ1) is 13.5. The first-order chi connectivity index (χ1) is 9.72. The van der Waals surface area contributed by atoms with E-state index in [4.69, 9.17) is 11.6 Å². The lowest BCUT2D eigenvalue weighted by Crippen LogP contribution is -1.96. The van der Waals surface area contributed by atoms with Crippen LogP contribution < -0.4 is 0 Å². The number of aryl methyl sites for hydroxylation is 1. The Kier molecular flexibility index (Phi) is 3.74. The Morgan fingerprint density at radius 3 is 2.70 bits per heavy atom. The second-order valence-electron chi connectivity index (χ2n) is 4.51. The fourth-order valence-corrected chi connectivity index (χ4v) is 3.27. The lowest BCUT2D eigenvalue weighted by Gasteiger charge is -2.01. The Bertz CT molecular complexity index is 733. The van der Waals surface area contributed by atoms with Crippen molar-refractivity contribution < 1.29 is 5.11 Å². The van der Waals surface area contributed by atoms with Gasteiger partial charge in [0.2, 0.25) is 4.96 Å². The minimum atomic E-state index is -0.0889. The first-order valence-electron chi connectivity index (χ1n) is 6.47. The average molecular weight is 308 g/mol. The molecule has 0 fully saturated rings. The van der Waals surface area contributed by atoms with Crippen molar-refractivity contribution in [2.75, 3.05) is 0 Å². The van der Waals surface area contributed by atoms with Crippen LogP contribution >= 0.6 is 22.9 Å². The number of hydrogen-bond donors (Lipinski definition) is 1. The molecule has 0 amide bonds. The molecule has 1 N–H and O–H groups in total. The third-order valence-electron chi connectivity index (χ3n) is 3.07. The Hall–Kier alpha value is -1.43. The molecule has 2 aromatic heterocycles. The van der Waals surface area contributed by atoms with Crippen LogP contribution in [0, 0.1) is 0 Å². The van der Waals surface area contributed by atoms with E-state index in [0.29, 0.717) is 5.02 Å². The van der Waals surface area contributed by atoms with E-state index in [1.54, 1.807) is 15.9 Å². The normalized spacial score (nSPS) is 11.3. The number of hydrogen-bond acceptors (Lipinski definition) is 4. The predicted octanol–water partition coefficient (Wildman–Crippen LogP) is 3.56. The van der Waals surface area contributed by atoms with Crippen molar-refractivity contribution in [3.05, 3.63) is 40.0 Å².